The molecule has 0 saturated carbocycles. The highest BCUT2D eigenvalue weighted by Crippen LogP contribution is 2.28. The van der Waals surface area contributed by atoms with Crippen LogP contribution >= 0.6 is 0 Å². The Morgan fingerprint density at radius 3 is 2.21 bits per heavy atom. The molecule has 6 heteroatoms. The number of carbonyl (C=O) groups excluding carboxylic acids is 2. The summed E-state index contributed by atoms with van der Waals surface area (Å²) in [5.74, 6) is 0.221. The molecule has 0 aliphatic rings. The van der Waals surface area contributed by atoms with Crippen LogP contribution in [-0.2, 0) is 20.5 Å². The van der Waals surface area contributed by atoms with Crippen LogP contribution < -0.4 is 5.32 Å². The van der Waals surface area contributed by atoms with Gasteiger partial charge in [0.2, 0.25) is 11.8 Å². The number of anilines is 1. The standard InChI is InChI=1S/C27H42N4O2/c1-9-11-17-30(25(33)21(10-2)20-15-13-12-14-16-20)19-24(32)28-23-18-22(26(3,4)5)29-31(23)27(6,7)8/h12-16,18,21H,9-11,17,19H2,1-8H3,(H,28,32). The van der Waals surface area contributed by atoms with E-state index in [2.05, 4.69) is 53.8 Å². The third-order valence-electron chi connectivity index (χ3n) is 5.72. The van der Waals surface area contributed by atoms with Crippen molar-refractivity contribution >= 4 is 17.6 Å². The lowest BCUT2D eigenvalue weighted by Crippen LogP contribution is -2.41. The van der Waals surface area contributed by atoms with E-state index in [4.69, 9.17) is 5.10 Å². The van der Waals surface area contributed by atoms with Crippen molar-refractivity contribution in [3.05, 3.63) is 47.7 Å². The highest BCUT2D eigenvalue weighted by atomic mass is 16.2. The largest absolute Gasteiger partial charge is 0.333 e. The van der Waals surface area contributed by atoms with Gasteiger partial charge in [-0.1, -0.05) is 71.4 Å². The van der Waals surface area contributed by atoms with Gasteiger partial charge >= 0.3 is 0 Å². The Hall–Kier alpha value is -2.63. The van der Waals surface area contributed by atoms with Crippen molar-refractivity contribution in [1.29, 1.82) is 0 Å². The summed E-state index contributed by atoms with van der Waals surface area (Å²) < 4.78 is 1.86. The number of unbranched alkanes of at least 4 members (excludes halogenated alkanes) is 1. The van der Waals surface area contributed by atoms with E-state index in [1.165, 1.54) is 0 Å². The Morgan fingerprint density at radius 2 is 1.70 bits per heavy atom. The molecule has 0 bridgehead atoms. The number of hydrogen-bond acceptors (Lipinski definition) is 3. The summed E-state index contributed by atoms with van der Waals surface area (Å²) in [5, 5.41) is 7.81. The van der Waals surface area contributed by atoms with Crippen molar-refractivity contribution in [3.8, 4) is 0 Å². The molecular weight excluding hydrogens is 412 g/mol. The summed E-state index contributed by atoms with van der Waals surface area (Å²) in [6.07, 6.45) is 2.51. The molecule has 2 aromatic rings. The van der Waals surface area contributed by atoms with Crippen molar-refractivity contribution < 1.29 is 9.59 Å². The van der Waals surface area contributed by atoms with Crippen molar-refractivity contribution in [3.63, 3.8) is 0 Å². The fourth-order valence-electron chi connectivity index (χ4n) is 3.78. The lowest BCUT2D eigenvalue weighted by molar-refractivity contribution is -0.136. The molecule has 0 saturated heterocycles. The van der Waals surface area contributed by atoms with Crippen molar-refractivity contribution in [2.24, 2.45) is 0 Å². The smallest absolute Gasteiger partial charge is 0.245 e. The predicted molar refractivity (Wildman–Crippen MR) is 136 cm³/mol. The fraction of sp³-hybridized carbons (Fsp3) is 0.593. The van der Waals surface area contributed by atoms with Crippen LogP contribution in [0.1, 0.15) is 91.8 Å². The van der Waals surface area contributed by atoms with E-state index >= 15 is 0 Å². The molecule has 0 spiro atoms. The second kappa shape index (κ2) is 11.0. The van der Waals surface area contributed by atoms with Gasteiger partial charge in [-0.25, -0.2) is 4.68 Å². The van der Waals surface area contributed by atoms with Crippen LogP contribution in [0.15, 0.2) is 36.4 Å². The Bertz CT molecular complexity index is 920. The van der Waals surface area contributed by atoms with Crippen LogP contribution in [0.25, 0.3) is 0 Å². The minimum absolute atomic E-state index is 0.00649. The number of benzene rings is 1. The number of rotatable bonds is 9. The molecule has 33 heavy (non-hydrogen) atoms. The van der Waals surface area contributed by atoms with Gasteiger partial charge in [-0.05, 0) is 39.2 Å². The Labute approximate surface area is 199 Å². The fourth-order valence-corrected chi connectivity index (χ4v) is 3.78. The third kappa shape index (κ3) is 7.18. The molecule has 0 aliphatic carbocycles. The third-order valence-corrected chi connectivity index (χ3v) is 5.72. The maximum atomic E-state index is 13.5. The Morgan fingerprint density at radius 1 is 1.06 bits per heavy atom. The van der Waals surface area contributed by atoms with Crippen molar-refractivity contribution in [2.75, 3.05) is 18.4 Å². The summed E-state index contributed by atoms with van der Waals surface area (Å²) in [6, 6.07) is 11.8. The molecule has 2 amide bonds. The summed E-state index contributed by atoms with van der Waals surface area (Å²) in [5.41, 5.74) is 1.49. The van der Waals surface area contributed by atoms with E-state index in [0.29, 0.717) is 18.8 Å². The lowest BCUT2D eigenvalue weighted by Gasteiger charge is -2.27. The molecule has 2 rings (SSSR count). The van der Waals surface area contributed by atoms with Gasteiger partial charge in [0.25, 0.3) is 0 Å². The predicted octanol–water partition coefficient (Wildman–Crippen LogP) is 5.70. The van der Waals surface area contributed by atoms with Gasteiger partial charge in [0.05, 0.1) is 23.7 Å². The first-order chi connectivity index (χ1) is 15.4. The lowest BCUT2D eigenvalue weighted by atomic mass is 9.92. The van der Waals surface area contributed by atoms with E-state index in [1.54, 1.807) is 4.90 Å². The maximum Gasteiger partial charge on any atom is 0.245 e. The molecule has 6 nitrogen and oxygen atoms in total. The van der Waals surface area contributed by atoms with E-state index in [9.17, 15) is 9.59 Å². The zero-order valence-electron chi connectivity index (χ0n) is 21.7. The first-order valence-electron chi connectivity index (χ1n) is 12.1. The quantitative estimate of drug-likeness (QED) is 0.529. The molecular formula is C27H42N4O2. The highest BCUT2D eigenvalue weighted by Gasteiger charge is 2.28. The number of amides is 2. The van der Waals surface area contributed by atoms with Gasteiger partial charge in [0, 0.05) is 18.0 Å². The number of nitrogens with zero attached hydrogens (tertiary/aromatic N) is 3. The van der Waals surface area contributed by atoms with Gasteiger partial charge in [-0.15, -0.1) is 0 Å². The maximum absolute atomic E-state index is 13.5. The van der Waals surface area contributed by atoms with E-state index in [1.807, 2.05) is 48.0 Å². The number of hydrogen-bond donors (Lipinski definition) is 1. The zero-order valence-corrected chi connectivity index (χ0v) is 21.7. The average Bonchev–Trinajstić information content (AvgIpc) is 3.17. The number of nitrogens with one attached hydrogen (secondary N) is 1. The summed E-state index contributed by atoms with van der Waals surface area (Å²) in [7, 11) is 0. The summed E-state index contributed by atoms with van der Waals surface area (Å²) in [4.78, 5) is 28.3. The molecule has 1 N–H and O–H groups in total. The van der Waals surface area contributed by atoms with E-state index < -0.39 is 0 Å². The molecule has 182 valence electrons. The second-order valence-corrected chi connectivity index (χ2v) is 10.8. The van der Waals surface area contributed by atoms with Crippen LogP contribution in [0.5, 0.6) is 0 Å². The minimum atomic E-state index is -0.287. The molecule has 1 aromatic heterocycles. The summed E-state index contributed by atoms with van der Waals surface area (Å²) in [6.45, 7) is 17.2. The Balaban J connectivity index is 2.25. The normalized spacial score (nSPS) is 13.0. The van der Waals surface area contributed by atoms with Gasteiger partial charge in [-0.3, -0.25) is 9.59 Å². The Kier molecular flexibility index (Phi) is 8.87. The van der Waals surface area contributed by atoms with Gasteiger partial charge in [-0.2, -0.15) is 5.10 Å². The average molecular weight is 455 g/mol. The molecule has 1 aromatic carbocycles. The van der Waals surface area contributed by atoms with Crippen LogP contribution in [-0.4, -0.2) is 39.6 Å². The van der Waals surface area contributed by atoms with Crippen LogP contribution in [0.2, 0.25) is 0 Å². The molecule has 1 heterocycles. The van der Waals surface area contributed by atoms with E-state index in [0.717, 1.165) is 24.1 Å². The molecule has 0 aliphatic heterocycles. The number of carbonyl (C=O) groups is 2. The van der Waals surface area contributed by atoms with Crippen LogP contribution in [0.3, 0.4) is 0 Å². The minimum Gasteiger partial charge on any atom is -0.333 e. The first-order valence-corrected chi connectivity index (χ1v) is 12.1. The summed E-state index contributed by atoms with van der Waals surface area (Å²) >= 11 is 0. The monoisotopic (exact) mass is 454 g/mol. The first kappa shape index (κ1) is 26.6. The van der Waals surface area contributed by atoms with Crippen molar-refractivity contribution in [2.45, 2.75) is 91.5 Å². The molecule has 1 atom stereocenters. The van der Waals surface area contributed by atoms with Gasteiger partial charge < -0.3 is 10.2 Å². The SMILES string of the molecule is CCCCN(CC(=O)Nc1cc(C(C)(C)C)nn1C(C)(C)C)C(=O)C(CC)c1ccccc1. The highest BCUT2D eigenvalue weighted by molar-refractivity contribution is 5.95. The molecule has 1 unspecified atom stereocenters. The molecule has 0 fully saturated rings. The topological polar surface area (TPSA) is 67.2 Å². The van der Waals surface area contributed by atoms with Crippen LogP contribution in [0.4, 0.5) is 5.82 Å². The second-order valence-electron chi connectivity index (χ2n) is 10.8. The van der Waals surface area contributed by atoms with Crippen LogP contribution in [0, 0.1) is 0 Å². The molecule has 0 radical (unpaired) electrons. The number of aromatic nitrogens is 2. The van der Waals surface area contributed by atoms with E-state index in [-0.39, 0.29) is 35.2 Å². The van der Waals surface area contributed by atoms with Gasteiger partial charge in [0.15, 0.2) is 0 Å². The zero-order chi connectivity index (χ0) is 24.8. The van der Waals surface area contributed by atoms with Crippen molar-refractivity contribution in [1.82, 2.24) is 14.7 Å². The van der Waals surface area contributed by atoms with Gasteiger partial charge in [0.1, 0.15) is 5.82 Å².